The fraction of sp³-hybridized carbons (Fsp3) is 0.0769. The van der Waals surface area contributed by atoms with Gasteiger partial charge in [0.05, 0.1) is 0 Å². The zero-order valence-electron chi connectivity index (χ0n) is 8.00. The highest BCUT2D eigenvalue weighted by Crippen LogP contribution is 2.25. The first-order chi connectivity index (χ1) is 6.83. The first kappa shape index (κ1) is 12.2. The number of allylic oxidation sites excluding steroid dienone is 1. The van der Waals surface area contributed by atoms with Crippen LogP contribution in [0.1, 0.15) is 12.5 Å². The molecule has 2 rings (SSSR count). The number of benzene rings is 2. The predicted octanol–water partition coefficient (Wildman–Crippen LogP) is 3.14. The second-order valence-electron chi connectivity index (χ2n) is 3.32. The van der Waals surface area contributed by atoms with Gasteiger partial charge in [0.1, 0.15) is 0 Å². The average molecular weight is 279 g/mol. The van der Waals surface area contributed by atoms with Gasteiger partial charge in [-0.25, -0.2) is 0 Å². The minimum Gasteiger partial charge on any atom is -0.0616 e. The third-order valence-electron chi connectivity index (χ3n) is 2.38. The Morgan fingerprint density at radius 1 is 1.07 bits per heavy atom. The van der Waals surface area contributed by atoms with Gasteiger partial charge in [-0.05, 0) is 44.8 Å². The summed E-state index contributed by atoms with van der Waals surface area (Å²) in [5, 5.41) is 2.60. The maximum atomic E-state index is 3.38. The van der Waals surface area contributed by atoms with Gasteiger partial charge >= 0.3 is 0 Å². The summed E-state index contributed by atoms with van der Waals surface area (Å²) in [4.78, 5) is 1.97. The number of hydrogen-bond acceptors (Lipinski definition) is 0. The smallest absolute Gasteiger partial charge is 0.0109 e. The SMILES string of the molecule is CC(=CBr)c1cccc2ccccc12.[SiH4]. The molecule has 0 aliphatic rings. The minimum atomic E-state index is 0. The highest BCUT2D eigenvalue weighted by molar-refractivity contribution is 9.11. The number of rotatable bonds is 1. The summed E-state index contributed by atoms with van der Waals surface area (Å²) in [5.41, 5.74) is 2.54. The van der Waals surface area contributed by atoms with Crippen LogP contribution in [0.3, 0.4) is 0 Å². The molecule has 2 aromatic rings. The van der Waals surface area contributed by atoms with Gasteiger partial charge in [0.25, 0.3) is 0 Å². The molecule has 0 bridgehead atoms. The van der Waals surface area contributed by atoms with E-state index in [4.69, 9.17) is 0 Å². The van der Waals surface area contributed by atoms with Crippen molar-refractivity contribution >= 4 is 43.2 Å². The molecule has 0 aromatic heterocycles. The van der Waals surface area contributed by atoms with Crippen LogP contribution in [0.5, 0.6) is 0 Å². The molecular formula is C13H15BrSi. The lowest BCUT2D eigenvalue weighted by atomic mass is 10.0. The molecule has 0 unspecified atom stereocenters. The monoisotopic (exact) mass is 278 g/mol. The Labute approximate surface area is 103 Å². The molecule has 2 heteroatoms. The molecule has 0 radical (unpaired) electrons. The first-order valence-corrected chi connectivity index (χ1v) is 5.49. The Kier molecular flexibility index (Phi) is 4.30. The molecular weight excluding hydrogens is 264 g/mol. The molecule has 0 aliphatic carbocycles. The van der Waals surface area contributed by atoms with E-state index in [1.165, 1.54) is 21.9 Å². The maximum Gasteiger partial charge on any atom is -0.0109 e. The maximum absolute atomic E-state index is 3.38. The van der Waals surface area contributed by atoms with Crippen molar-refractivity contribution in [1.82, 2.24) is 0 Å². The van der Waals surface area contributed by atoms with E-state index in [0.717, 1.165) is 0 Å². The van der Waals surface area contributed by atoms with Crippen molar-refractivity contribution in [1.29, 1.82) is 0 Å². The van der Waals surface area contributed by atoms with Crippen LogP contribution in [-0.4, -0.2) is 11.0 Å². The largest absolute Gasteiger partial charge is 0.0616 e. The molecule has 78 valence electrons. The Morgan fingerprint density at radius 3 is 2.47 bits per heavy atom. The molecule has 0 spiro atoms. The number of halogens is 1. The summed E-state index contributed by atoms with van der Waals surface area (Å²) >= 11 is 3.38. The van der Waals surface area contributed by atoms with Crippen LogP contribution in [0.15, 0.2) is 47.4 Å². The number of fused-ring (bicyclic) bond motifs is 1. The van der Waals surface area contributed by atoms with Gasteiger partial charge in [0.15, 0.2) is 0 Å². The van der Waals surface area contributed by atoms with E-state index in [0.29, 0.717) is 0 Å². The highest BCUT2D eigenvalue weighted by atomic mass is 79.9. The van der Waals surface area contributed by atoms with Gasteiger partial charge in [-0.2, -0.15) is 0 Å². The van der Waals surface area contributed by atoms with Crippen LogP contribution in [0.4, 0.5) is 0 Å². The van der Waals surface area contributed by atoms with Crippen molar-refractivity contribution in [2.24, 2.45) is 0 Å². The van der Waals surface area contributed by atoms with Gasteiger partial charge in [-0.3, -0.25) is 0 Å². The van der Waals surface area contributed by atoms with E-state index in [1.807, 2.05) is 4.99 Å². The highest BCUT2D eigenvalue weighted by Gasteiger charge is 2.00. The Bertz CT molecular complexity index is 483. The lowest BCUT2D eigenvalue weighted by Crippen LogP contribution is -1.81. The molecule has 0 fully saturated rings. The summed E-state index contributed by atoms with van der Waals surface area (Å²) in [6.07, 6.45) is 0. The molecule has 2 aromatic carbocycles. The first-order valence-electron chi connectivity index (χ1n) is 4.58. The van der Waals surface area contributed by atoms with Crippen molar-refractivity contribution in [3.8, 4) is 0 Å². The van der Waals surface area contributed by atoms with Crippen LogP contribution in [0.25, 0.3) is 16.3 Å². The molecule has 0 saturated heterocycles. The molecule has 0 aliphatic heterocycles. The van der Waals surface area contributed by atoms with E-state index in [9.17, 15) is 0 Å². The van der Waals surface area contributed by atoms with Crippen LogP contribution in [0.2, 0.25) is 0 Å². The molecule has 0 heterocycles. The van der Waals surface area contributed by atoms with Crippen molar-refractivity contribution in [2.75, 3.05) is 0 Å². The second-order valence-corrected chi connectivity index (χ2v) is 3.78. The second kappa shape index (κ2) is 5.28. The average Bonchev–Trinajstić information content (AvgIpc) is 2.27. The predicted molar refractivity (Wildman–Crippen MR) is 77.9 cm³/mol. The van der Waals surface area contributed by atoms with Gasteiger partial charge in [0.2, 0.25) is 0 Å². The molecule has 0 N–H and O–H groups in total. The Balaban J connectivity index is 0.00000112. The lowest BCUT2D eigenvalue weighted by molar-refractivity contribution is 1.63. The van der Waals surface area contributed by atoms with Crippen molar-refractivity contribution in [3.05, 3.63) is 53.0 Å². The van der Waals surface area contributed by atoms with Gasteiger partial charge < -0.3 is 0 Å². The van der Waals surface area contributed by atoms with Crippen LogP contribution in [0, 0.1) is 0 Å². The molecule has 0 atom stereocenters. The third-order valence-corrected chi connectivity index (χ3v) is 3.06. The van der Waals surface area contributed by atoms with E-state index in [2.05, 4.69) is 65.3 Å². The summed E-state index contributed by atoms with van der Waals surface area (Å²) < 4.78 is 0. The van der Waals surface area contributed by atoms with E-state index in [-0.39, 0.29) is 11.0 Å². The Morgan fingerprint density at radius 2 is 1.73 bits per heavy atom. The minimum absolute atomic E-state index is 0. The summed E-state index contributed by atoms with van der Waals surface area (Å²) in [5.74, 6) is 0. The normalized spacial score (nSPS) is 11.2. The zero-order valence-corrected chi connectivity index (χ0v) is 9.58. The summed E-state index contributed by atoms with van der Waals surface area (Å²) in [7, 11) is 0. The molecule has 15 heavy (non-hydrogen) atoms. The summed E-state index contributed by atoms with van der Waals surface area (Å²) in [6.45, 7) is 2.11. The van der Waals surface area contributed by atoms with Crippen LogP contribution in [-0.2, 0) is 0 Å². The lowest BCUT2D eigenvalue weighted by Gasteiger charge is -2.05. The molecule has 0 saturated carbocycles. The third kappa shape index (κ3) is 2.39. The standard InChI is InChI=1S/C13H11Br.H4Si/c1-10(9-14)12-8-4-6-11-5-2-3-7-13(11)12;/h2-9H,1H3;1H4. The fourth-order valence-electron chi connectivity index (χ4n) is 1.63. The summed E-state index contributed by atoms with van der Waals surface area (Å²) in [6, 6.07) is 14.8. The topological polar surface area (TPSA) is 0 Å². The van der Waals surface area contributed by atoms with Crippen molar-refractivity contribution < 1.29 is 0 Å². The zero-order chi connectivity index (χ0) is 9.97. The van der Waals surface area contributed by atoms with Gasteiger partial charge in [0, 0.05) is 0 Å². The van der Waals surface area contributed by atoms with E-state index >= 15 is 0 Å². The Hall–Kier alpha value is -0.863. The van der Waals surface area contributed by atoms with E-state index in [1.54, 1.807) is 0 Å². The van der Waals surface area contributed by atoms with E-state index < -0.39 is 0 Å². The van der Waals surface area contributed by atoms with Crippen LogP contribution < -0.4 is 0 Å². The molecule has 0 nitrogen and oxygen atoms in total. The van der Waals surface area contributed by atoms with Gasteiger partial charge in [-0.15, -0.1) is 0 Å². The quantitative estimate of drug-likeness (QED) is 0.703. The fourth-order valence-corrected chi connectivity index (χ4v) is 1.87. The number of hydrogen-bond donors (Lipinski definition) is 0. The van der Waals surface area contributed by atoms with Crippen molar-refractivity contribution in [2.45, 2.75) is 6.92 Å². The van der Waals surface area contributed by atoms with Crippen molar-refractivity contribution in [3.63, 3.8) is 0 Å². The molecule has 0 amide bonds. The van der Waals surface area contributed by atoms with Gasteiger partial charge in [-0.1, -0.05) is 58.4 Å². The van der Waals surface area contributed by atoms with Crippen LogP contribution >= 0.6 is 15.9 Å².